The summed E-state index contributed by atoms with van der Waals surface area (Å²) in [4.78, 5) is 11.1. The van der Waals surface area contributed by atoms with E-state index in [1.165, 1.54) is 0 Å². The van der Waals surface area contributed by atoms with Crippen LogP contribution < -0.4 is 4.74 Å². The van der Waals surface area contributed by atoms with Crippen LogP contribution in [0.3, 0.4) is 0 Å². The van der Waals surface area contributed by atoms with Crippen molar-refractivity contribution in [3.8, 4) is 16.9 Å². The second kappa shape index (κ2) is 5.78. The van der Waals surface area contributed by atoms with Crippen LogP contribution in [-0.4, -0.2) is 17.2 Å². The fourth-order valence-electron chi connectivity index (χ4n) is 2.09. The summed E-state index contributed by atoms with van der Waals surface area (Å²) >= 11 is 0. The standard InChI is InChI=1S/C17H18O3/c1-11(2)20-16-6-4-5-13(10-16)14-7-12(3)8-15(9-14)17(18)19/h4-11H,1-3H3,(H,18,19). The number of hydrogen-bond donors (Lipinski definition) is 1. The monoisotopic (exact) mass is 270 g/mol. The third-order valence-electron chi connectivity index (χ3n) is 2.86. The Kier molecular flexibility index (Phi) is 4.08. The molecule has 0 spiro atoms. The SMILES string of the molecule is Cc1cc(C(=O)O)cc(-c2cccc(OC(C)C)c2)c1. The molecule has 0 aliphatic rings. The fourth-order valence-corrected chi connectivity index (χ4v) is 2.09. The van der Waals surface area contributed by atoms with Crippen LogP contribution in [0.4, 0.5) is 0 Å². The lowest BCUT2D eigenvalue weighted by molar-refractivity contribution is 0.0697. The molecule has 3 nitrogen and oxygen atoms in total. The van der Waals surface area contributed by atoms with Crippen molar-refractivity contribution in [1.82, 2.24) is 0 Å². The number of benzene rings is 2. The lowest BCUT2D eigenvalue weighted by Crippen LogP contribution is -2.05. The Morgan fingerprint density at radius 1 is 1.10 bits per heavy atom. The van der Waals surface area contributed by atoms with Crippen LogP contribution in [0.1, 0.15) is 29.8 Å². The van der Waals surface area contributed by atoms with E-state index in [-0.39, 0.29) is 6.10 Å². The number of hydrogen-bond acceptors (Lipinski definition) is 2. The molecule has 2 aromatic carbocycles. The van der Waals surface area contributed by atoms with E-state index in [1.54, 1.807) is 12.1 Å². The average molecular weight is 270 g/mol. The van der Waals surface area contributed by atoms with Gasteiger partial charge in [-0.25, -0.2) is 4.79 Å². The van der Waals surface area contributed by atoms with E-state index in [9.17, 15) is 4.79 Å². The minimum absolute atomic E-state index is 0.109. The van der Waals surface area contributed by atoms with Gasteiger partial charge in [-0.2, -0.15) is 0 Å². The van der Waals surface area contributed by atoms with Crippen molar-refractivity contribution in [3.05, 3.63) is 53.6 Å². The minimum atomic E-state index is -0.912. The predicted octanol–water partition coefficient (Wildman–Crippen LogP) is 4.15. The van der Waals surface area contributed by atoms with Gasteiger partial charge in [0.2, 0.25) is 0 Å². The predicted molar refractivity (Wildman–Crippen MR) is 79.3 cm³/mol. The number of ether oxygens (including phenoxy) is 1. The van der Waals surface area contributed by atoms with E-state index >= 15 is 0 Å². The molecule has 0 heterocycles. The van der Waals surface area contributed by atoms with Crippen molar-refractivity contribution in [2.75, 3.05) is 0 Å². The fraction of sp³-hybridized carbons (Fsp3) is 0.235. The first-order valence-electron chi connectivity index (χ1n) is 6.58. The first-order valence-corrected chi connectivity index (χ1v) is 6.58. The maximum absolute atomic E-state index is 11.1. The van der Waals surface area contributed by atoms with Crippen LogP contribution >= 0.6 is 0 Å². The van der Waals surface area contributed by atoms with Gasteiger partial charge in [0.1, 0.15) is 5.75 Å². The summed E-state index contributed by atoms with van der Waals surface area (Å²) in [5, 5.41) is 9.13. The maximum Gasteiger partial charge on any atom is 0.335 e. The van der Waals surface area contributed by atoms with E-state index in [4.69, 9.17) is 9.84 Å². The summed E-state index contributed by atoms with van der Waals surface area (Å²) in [6, 6.07) is 13.0. The van der Waals surface area contributed by atoms with Gasteiger partial charge in [0.25, 0.3) is 0 Å². The summed E-state index contributed by atoms with van der Waals surface area (Å²) in [7, 11) is 0. The van der Waals surface area contributed by atoms with Crippen LogP contribution in [0.2, 0.25) is 0 Å². The molecule has 20 heavy (non-hydrogen) atoms. The summed E-state index contributed by atoms with van der Waals surface area (Å²) in [6.45, 7) is 5.84. The summed E-state index contributed by atoms with van der Waals surface area (Å²) in [5.74, 6) is -0.125. The van der Waals surface area contributed by atoms with Gasteiger partial charge >= 0.3 is 5.97 Å². The topological polar surface area (TPSA) is 46.5 Å². The highest BCUT2D eigenvalue weighted by Crippen LogP contribution is 2.26. The highest BCUT2D eigenvalue weighted by molar-refractivity contribution is 5.89. The Balaban J connectivity index is 2.43. The third-order valence-corrected chi connectivity index (χ3v) is 2.86. The minimum Gasteiger partial charge on any atom is -0.491 e. The molecule has 1 N–H and O–H groups in total. The zero-order chi connectivity index (χ0) is 14.7. The van der Waals surface area contributed by atoms with E-state index in [0.717, 1.165) is 22.4 Å². The van der Waals surface area contributed by atoms with Crippen molar-refractivity contribution in [3.63, 3.8) is 0 Å². The lowest BCUT2D eigenvalue weighted by atomic mass is 10.00. The molecule has 0 atom stereocenters. The molecule has 0 fully saturated rings. The van der Waals surface area contributed by atoms with Gasteiger partial charge in [-0.15, -0.1) is 0 Å². The average Bonchev–Trinajstić information content (AvgIpc) is 2.37. The van der Waals surface area contributed by atoms with Gasteiger partial charge in [-0.3, -0.25) is 0 Å². The van der Waals surface area contributed by atoms with Crippen molar-refractivity contribution in [2.24, 2.45) is 0 Å². The summed E-state index contributed by atoms with van der Waals surface area (Å²) in [6.07, 6.45) is 0.109. The molecule has 0 saturated heterocycles. The molecule has 104 valence electrons. The van der Waals surface area contributed by atoms with Crippen LogP contribution in [0.25, 0.3) is 11.1 Å². The third kappa shape index (κ3) is 3.38. The molecule has 3 heteroatoms. The van der Waals surface area contributed by atoms with Crippen LogP contribution in [-0.2, 0) is 0 Å². The van der Waals surface area contributed by atoms with E-state index < -0.39 is 5.97 Å². The molecule has 0 aromatic heterocycles. The molecule has 0 aliphatic heterocycles. The number of carboxylic acid groups (broad SMARTS) is 1. The van der Waals surface area contributed by atoms with Crippen molar-refractivity contribution in [2.45, 2.75) is 26.9 Å². The molecule has 0 unspecified atom stereocenters. The zero-order valence-electron chi connectivity index (χ0n) is 11.9. The molecule has 2 aromatic rings. The van der Waals surface area contributed by atoms with Gasteiger partial charge in [0.05, 0.1) is 11.7 Å². The Morgan fingerprint density at radius 3 is 2.50 bits per heavy atom. The van der Waals surface area contributed by atoms with Gasteiger partial charge in [-0.05, 0) is 61.7 Å². The largest absolute Gasteiger partial charge is 0.491 e. The molecular weight excluding hydrogens is 252 g/mol. The lowest BCUT2D eigenvalue weighted by Gasteiger charge is -2.11. The Hall–Kier alpha value is -2.29. The van der Waals surface area contributed by atoms with Crippen molar-refractivity contribution in [1.29, 1.82) is 0 Å². The summed E-state index contributed by atoms with van der Waals surface area (Å²) < 4.78 is 5.67. The van der Waals surface area contributed by atoms with Crippen LogP contribution in [0.15, 0.2) is 42.5 Å². The number of carbonyl (C=O) groups is 1. The van der Waals surface area contributed by atoms with Gasteiger partial charge in [0.15, 0.2) is 0 Å². The van der Waals surface area contributed by atoms with Crippen LogP contribution in [0, 0.1) is 6.92 Å². The molecule has 0 saturated carbocycles. The number of aryl methyl sites for hydroxylation is 1. The van der Waals surface area contributed by atoms with E-state index in [0.29, 0.717) is 5.56 Å². The first-order chi connectivity index (χ1) is 9.45. The van der Waals surface area contributed by atoms with E-state index in [2.05, 4.69) is 0 Å². The second-order valence-electron chi connectivity index (χ2n) is 5.09. The molecule has 0 amide bonds. The Morgan fingerprint density at radius 2 is 1.85 bits per heavy atom. The maximum atomic E-state index is 11.1. The van der Waals surface area contributed by atoms with Crippen LogP contribution in [0.5, 0.6) is 5.75 Å². The number of carboxylic acids is 1. The van der Waals surface area contributed by atoms with Gasteiger partial charge < -0.3 is 9.84 Å². The normalized spacial score (nSPS) is 10.6. The highest BCUT2D eigenvalue weighted by atomic mass is 16.5. The second-order valence-corrected chi connectivity index (χ2v) is 5.09. The van der Waals surface area contributed by atoms with E-state index in [1.807, 2.05) is 51.1 Å². The quantitative estimate of drug-likeness (QED) is 0.907. The molecule has 0 radical (unpaired) electrons. The molecule has 0 bridgehead atoms. The molecule has 2 rings (SSSR count). The van der Waals surface area contributed by atoms with Gasteiger partial charge in [-0.1, -0.05) is 18.2 Å². The Labute approximate surface area is 118 Å². The van der Waals surface area contributed by atoms with Crippen molar-refractivity contribution >= 4 is 5.97 Å². The zero-order valence-corrected chi connectivity index (χ0v) is 11.9. The number of aromatic carboxylic acids is 1. The number of rotatable bonds is 4. The Bertz CT molecular complexity index is 630. The molecular formula is C17H18O3. The highest BCUT2D eigenvalue weighted by Gasteiger charge is 2.08. The molecule has 0 aliphatic carbocycles. The summed E-state index contributed by atoms with van der Waals surface area (Å²) in [5.41, 5.74) is 3.07. The van der Waals surface area contributed by atoms with Crippen molar-refractivity contribution < 1.29 is 14.6 Å². The smallest absolute Gasteiger partial charge is 0.335 e. The van der Waals surface area contributed by atoms with Gasteiger partial charge in [0, 0.05) is 0 Å². The first kappa shape index (κ1) is 14.1.